The Labute approximate surface area is 81.0 Å². The molecule has 14 heavy (non-hydrogen) atoms. The maximum Gasteiger partial charge on any atom is 0.433 e. The third-order valence-electron chi connectivity index (χ3n) is 2.67. The fourth-order valence-electron chi connectivity index (χ4n) is 1.76. The highest BCUT2D eigenvalue weighted by Gasteiger charge is 2.43. The molecule has 1 saturated carbocycles. The van der Waals surface area contributed by atoms with Crippen LogP contribution < -0.4 is 5.73 Å². The summed E-state index contributed by atoms with van der Waals surface area (Å²) in [6.45, 7) is 1.95. The van der Waals surface area contributed by atoms with Gasteiger partial charge in [0.05, 0.1) is 6.07 Å². The fraction of sp³-hybridized carbons (Fsp3) is 0.556. The Hall–Kier alpha value is -1.36. The Kier molecular flexibility index (Phi) is 2.03. The second kappa shape index (κ2) is 3.09. The molecule has 1 fully saturated rings. The van der Waals surface area contributed by atoms with E-state index in [0.717, 1.165) is 6.42 Å². The standard InChI is InChI=1S/C9H12N2O3/c1-5(10)6-4-7(6)8-2-3-9(14-8)11(12)13/h2-3,5-7H,4,10H2,1H3. The van der Waals surface area contributed by atoms with Crippen LogP contribution in [-0.2, 0) is 0 Å². The van der Waals surface area contributed by atoms with Crippen molar-refractivity contribution in [1.82, 2.24) is 0 Å². The summed E-state index contributed by atoms with van der Waals surface area (Å²) in [5.74, 6) is 1.21. The molecule has 76 valence electrons. The van der Waals surface area contributed by atoms with Gasteiger partial charge in [0.15, 0.2) is 0 Å². The van der Waals surface area contributed by atoms with Crippen molar-refractivity contribution < 1.29 is 9.34 Å². The summed E-state index contributed by atoms with van der Waals surface area (Å²) in [6, 6.07) is 3.20. The first kappa shape index (κ1) is 9.21. The van der Waals surface area contributed by atoms with Gasteiger partial charge in [-0.25, -0.2) is 0 Å². The van der Waals surface area contributed by atoms with E-state index in [4.69, 9.17) is 10.2 Å². The van der Waals surface area contributed by atoms with Crippen LogP contribution >= 0.6 is 0 Å². The molecule has 1 aromatic rings. The van der Waals surface area contributed by atoms with E-state index in [1.807, 2.05) is 6.92 Å². The van der Waals surface area contributed by atoms with Crippen LogP contribution in [0.4, 0.5) is 5.88 Å². The zero-order valence-corrected chi connectivity index (χ0v) is 7.84. The Morgan fingerprint density at radius 2 is 2.43 bits per heavy atom. The van der Waals surface area contributed by atoms with Gasteiger partial charge in [0.2, 0.25) is 0 Å². The summed E-state index contributed by atoms with van der Waals surface area (Å²) in [5, 5.41) is 10.4. The van der Waals surface area contributed by atoms with Crippen LogP contribution in [0.3, 0.4) is 0 Å². The van der Waals surface area contributed by atoms with Crippen molar-refractivity contribution in [1.29, 1.82) is 0 Å². The van der Waals surface area contributed by atoms with Gasteiger partial charge in [-0.1, -0.05) is 0 Å². The van der Waals surface area contributed by atoms with E-state index in [9.17, 15) is 10.1 Å². The number of furan rings is 1. The Morgan fingerprint density at radius 3 is 2.86 bits per heavy atom. The Balaban J connectivity index is 2.09. The molecule has 0 saturated heterocycles. The molecule has 1 aliphatic carbocycles. The Bertz CT molecular complexity index is 359. The van der Waals surface area contributed by atoms with Crippen LogP contribution in [0.2, 0.25) is 0 Å². The zero-order valence-electron chi connectivity index (χ0n) is 7.84. The fourth-order valence-corrected chi connectivity index (χ4v) is 1.76. The third kappa shape index (κ3) is 1.50. The number of hydrogen-bond donors (Lipinski definition) is 1. The predicted molar refractivity (Wildman–Crippen MR) is 49.9 cm³/mol. The first-order valence-corrected chi connectivity index (χ1v) is 4.59. The summed E-state index contributed by atoms with van der Waals surface area (Å²) in [4.78, 5) is 9.84. The highest BCUT2D eigenvalue weighted by molar-refractivity contribution is 5.24. The van der Waals surface area contributed by atoms with Crippen LogP contribution in [0.25, 0.3) is 0 Å². The lowest BCUT2D eigenvalue weighted by Crippen LogP contribution is -2.17. The van der Waals surface area contributed by atoms with E-state index in [0.29, 0.717) is 11.7 Å². The molecule has 5 nitrogen and oxygen atoms in total. The number of nitrogens with zero attached hydrogens (tertiary/aromatic N) is 1. The van der Waals surface area contributed by atoms with E-state index >= 15 is 0 Å². The minimum atomic E-state index is -0.521. The molecule has 0 radical (unpaired) electrons. The van der Waals surface area contributed by atoms with E-state index in [1.54, 1.807) is 6.07 Å². The average Bonchev–Trinajstić information content (AvgIpc) is 2.76. The predicted octanol–water partition coefficient (Wildman–Crippen LogP) is 1.64. The van der Waals surface area contributed by atoms with Crippen molar-refractivity contribution in [2.45, 2.75) is 25.3 Å². The zero-order chi connectivity index (χ0) is 10.3. The monoisotopic (exact) mass is 196 g/mol. The molecule has 0 bridgehead atoms. The molecule has 0 aromatic carbocycles. The quantitative estimate of drug-likeness (QED) is 0.588. The summed E-state index contributed by atoms with van der Waals surface area (Å²) in [7, 11) is 0. The van der Waals surface area contributed by atoms with E-state index < -0.39 is 4.92 Å². The summed E-state index contributed by atoms with van der Waals surface area (Å²) in [6.07, 6.45) is 0.975. The van der Waals surface area contributed by atoms with Gasteiger partial charge in [-0.15, -0.1) is 0 Å². The van der Waals surface area contributed by atoms with Crippen molar-refractivity contribution >= 4 is 5.88 Å². The van der Waals surface area contributed by atoms with Gasteiger partial charge < -0.3 is 10.2 Å². The van der Waals surface area contributed by atoms with Crippen molar-refractivity contribution in [3.8, 4) is 0 Å². The lowest BCUT2D eigenvalue weighted by atomic mass is 10.2. The smallest absolute Gasteiger partial charge is 0.406 e. The number of nitrogens with two attached hydrogens (primary N) is 1. The van der Waals surface area contributed by atoms with Gasteiger partial charge in [0, 0.05) is 12.0 Å². The maximum atomic E-state index is 10.4. The van der Waals surface area contributed by atoms with Crippen molar-refractivity contribution in [3.05, 3.63) is 28.0 Å². The van der Waals surface area contributed by atoms with Crippen molar-refractivity contribution in [2.24, 2.45) is 11.7 Å². The van der Waals surface area contributed by atoms with E-state index in [-0.39, 0.29) is 17.8 Å². The van der Waals surface area contributed by atoms with Crippen LogP contribution in [0.15, 0.2) is 16.5 Å². The molecular weight excluding hydrogens is 184 g/mol. The number of rotatable bonds is 3. The molecule has 3 unspecified atom stereocenters. The lowest BCUT2D eigenvalue weighted by molar-refractivity contribution is -0.402. The van der Waals surface area contributed by atoms with E-state index in [1.165, 1.54) is 6.07 Å². The van der Waals surface area contributed by atoms with Gasteiger partial charge in [-0.3, -0.25) is 10.1 Å². The normalized spacial score (nSPS) is 27.3. The Morgan fingerprint density at radius 1 is 1.71 bits per heavy atom. The van der Waals surface area contributed by atoms with Gasteiger partial charge in [0.25, 0.3) is 0 Å². The molecule has 1 heterocycles. The second-order valence-electron chi connectivity index (χ2n) is 3.80. The second-order valence-corrected chi connectivity index (χ2v) is 3.80. The molecule has 5 heteroatoms. The summed E-state index contributed by atoms with van der Waals surface area (Å²) < 4.78 is 5.09. The average molecular weight is 196 g/mol. The molecule has 1 aromatic heterocycles. The first-order valence-electron chi connectivity index (χ1n) is 4.59. The van der Waals surface area contributed by atoms with Gasteiger partial charge in [-0.2, -0.15) is 0 Å². The third-order valence-corrected chi connectivity index (χ3v) is 2.67. The molecule has 0 amide bonds. The van der Waals surface area contributed by atoms with Crippen molar-refractivity contribution in [3.63, 3.8) is 0 Å². The summed E-state index contributed by atoms with van der Waals surface area (Å²) in [5.41, 5.74) is 5.72. The van der Waals surface area contributed by atoms with Crippen LogP contribution in [0, 0.1) is 16.0 Å². The van der Waals surface area contributed by atoms with Gasteiger partial charge >= 0.3 is 5.88 Å². The lowest BCUT2D eigenvalue weighted by Gasteiger charge is -2.00. The number of nitro groups is 1. The minimum Gasteiger partial charge on any atom is -0.406 e. The summed E-state index contributed by atoms with van der Waals surface area (Å²) >= 11 is 0. The van der Waals surface area contributed by atoms with Crippen LogP contribution in [0.5, 0.6) is 0 Å². The largest absolute Gasteiger partial charge is 0.433 e. The van der Waals surface area contributed by atoms with Gasteiger partial charge in [0.1, 0.15) is 10.7 Å². The molecule has 2 rings (SSSR count). The molecule has 0 aliphatic heterocycles. The van der Waals surface area contributed by atoms with Crippen LogP contribution in [-0.4, -0.2) is 11.0 Å². The molecular formula is C9H12N2O3. The molecule has 3 atom stereocenters. The molecule has 2 N–H and O–H groups in total. The van der Waals surface area contributed by atoms with Gasteiger partial charge in [-0.05, 0) is 25.3 Å². The molecule has 0 spiro atoms. The highest BCUT2D eigenvalue weighted by Crippen LogP contribution is 2.49. The topological polar surface area (TPSA) is 82.3 Å². The minimum absolute atomic E-state index is 0.129. The van der Waals surface area contributed by atoms with Crippen molar-refractivity contribution in [2.75, 3.05) is 0 Å². The maximum absolute atomic E-state index is 10.4. The molecule has 1 aliphatic rings. The highest BCUT2D eigenvalue weighted by atomic mass is 16.6. The van der Waals surface area contributed by atoms with E-state index in [2.05, 4.69) is 0 Å². The SMILES string of the molecule is CC(N)C1CC1c1ccc([N+](=O)[O-])o1. The first-order chi connectivity index (χ1) is 6.59. The van der Waals surface area contributed by atoms with Crippen LogP contribution in [0.1, 0.15) is 25.0 Å². The number of hydrogen-bond acceptors (Lipinski definition) is 4.